The van der Waals surface area contributed by atoms with E-state index in [9.17, 15) is 25.4 Å². The Morgan fingerprint density at radius 1 is 1.11 bits per heavy atom. The standard InChI is InChI=1S/C19H17N5O4/c1-27-14-4-3-11(5-15(14)28-2)13(25)7-19(10-22)16(23)12(17(24)26)6-18(19,8-20)9-21/h3-5H,6-7,23H2,1-2H3,(H2,24,26). The summed E-state index contributed by atoms with van der Waals surface area (Å²) in [6.07, 6.45) is -1.00. The first-order valence-corrected chi connectivity index (χ1v) is 8.03. The maximum absolute atomic E-state index is 12.9. The predicted octanol–water partition coefficient (Wildman–Crippen LogP) is 0.922. The third kappa shape index (κ3) is 2.78. The summed E-state index contributed by atoms with van der Waals surface area (Å²) in [4.78, 5) is 24.6. The van der Waals surface area contributed by atoms with Gasteiger partial charge in [0.1, 0.15) is 5.41 Å². The highest BCUT2D eigenvalue weighted by Crippen LogP contribution is 2.56. The zero-order valence-electron chi connectivity index (χ0n) is 15.3. The van der Waals surface area contributed by atoms with Gasteiger partial charge in [-0.1, -0.05) is 0 Å². The number of ether oxygens (including phenoxy) is 2. The molecule has 1 aliphatic rings. The zero-order valence-corrected chi connectivity index (χ0v) is 15.3. The van der Waals surface area contributed by atoms with Gasteiger partial charge in [0.15, 0.2) is 22.7 Å². The number of amides is 1. The van der Waals surface area contributed by atoms with Crippen LogP contribution in [0.5, 0.6) is 11.5 Å². The van der Waals surface area contributed by atoms with E-state index in [0.29, 0.717) is 11.5 Å². The van der Waals surface area contributed by atoms with E-state index in [1.54, 1.807) is 12.1 Å². The van der Waals surface area contributed by atoms with Gasteiger partial charge in [-0.25, -0.2) is 0 Å². The van der Waals surface area contributed by atoms with Gasteiger partial charge in [0.05, 0.1) is 32.4 Å². The number of rotatable bonds is 6. The number of hydrogen-bond acceptors (Lipinski definition) is 8. The van der Waals surface area contributed by atoms with Crippen molar-refractivity contribution in [3.8, 4) is 29.7 Å². The number of hydrogen-bond donors (Lipinski definition) is 2. The molecule has 0 aliphatic heterocycles. The molecule has 0 radical (unpaired) electrons. The smallest absolute Gasteiger partial charge is 0.246 e. The van der Waals surface area contributed by atoms with Crippen molar-refractivity contribution in [2.75, 3.05) is 14.2 Å². The van der Waals surface area contributed by atoms with Crippen LogP contribution in [0.25, 0.3) is 0 Å². The van der Waals surface area contributed by atoms with E-state index in [4.69, 9.17) is 20.9 Å². The minimum Gasteiger partial charge on any atom is -0.493 e. The van der Waals surface area contributed by atoms with Crippen LogP contribution in [0.1, 0.15) is 23.2 Å². The monoisotopic (exact) mass is 379 g/mol. The average Bonchev–Trinajstić information content (AvgIpc) is 2.96. The third-order valence-corrected chi connectivity index (χ3v) is 4.96. The summed E-state index contributed by atoms with van der Waals surface area (Å²) < 4.78 is 10.3. The highest BCUT2D eigenvalue weighted by atomic mass is 16.5. The molecule has 2 rings (SSSR count). The van der Waals surface area contributed by atoms with Crippen LogP contribution < -0.4 is 20.9 Å². The highest BCUT2D eigenvalue weighted by molar-refractivity contribution is 5.99. The van der Waals surface area contributed by atoms with Crippen LogP contribution in [0.3, 0.4) is 0 Å². The molecule has 9 heteroatoms. The van der Waals surface area contributed by atoms with Crippen molar-refractivity contribution >= 4 is 11.7 Å². The van der Waals surface area contributed by atoms with Gasteiger partial charge >= 0.3 is 0 Å². The molecule has 142 valence electrons. The van der Waals surface area contributed by atoms with Gasteiger partial charge < -0.3 is 20.9 Å². The van der Waals surface area contributed by atoms with Gasteiger partial charge in [0, 0.05) is 29.7 Å². The minimum atomic E-state index is -2.01. The summed E-state index contributed by atoms with van der Waals surface area (Å²) in [5.41, 5.74) is 6.90. The number of ketones is 1. The van der Waals surface area contributed by atoms with Crippen molar-refractivity contribution in [3.05, 3.63) is 35.0 Å². The van der Waals surface area contributed by atoms with Gasteiger partial charge in [-0.3, -0.25) is 9.59 Å². The maximum Gasteiger partial charge on any atom is 0.246 e. The number of nitrogens with zero attached hydrogens (tertiary/aromatic N) is 3. The molecular weight excluding hydrogens is 362 g/mol. The summed E-state index contributed by atoms with van der Waals surface area (Å²) in [7, 11) is 2.84. The topological polar surface area (TPSA) is 176 Å². The second-order valence-electron chi connectivity index (χ2n) is 6.25. The Hall–Kier alpha value is -4.03. The van der Waals surface area contributed by atoms with Crippen molar-refractivity contribution in [1.29, 1.82) is 15.8 Å². The Kier molecular flexibility index (Phi) is 5.29. The Balaban J connectivity index is 2.58. The second-order valence-corrected chi connectivity index (χ2v) is 6.25. The molecule has 0 saturated carbocycles. The summed E-state index contributed by atoms with van der Waals surface area (Å²) in [5, 5.41) is 29.1. The van der Waals surface area contributed by atoms with Crippen molar-refractivity contribution in [3.63, 3.8) is 0 Å². The molecule has 28 heavy (non-hydrogen) atoms. The predicted molar refractivity (Wildman–Crippen MR) is 95.2 cm³/mol. The van der Waals surface area contributed by atoms with Crippen LogP contribution in [-0.2, 0) is 4.79 Å². The molecule has 1 aliphatic carbocycles. The Morgan fingerprint density at radius 2 is 1.71 bits per heavy atom. The molecule has 1 amide bonds. The number of allylic oxidation sites excluding steroid dienone is 1. The molecule has 0 bridgehead atoms. The van der Waals surface area contributed by atoms with Crippen molar-refractivity contribution < 1.29 is 19.1 Å². The second kappa shape index (κ2) is 7.30. The molecule has 1 aromatic carbocycles. The van der Waals surface area contributed by atoms with Crippen LogP contribution in [0.2, 0.25) is 0 Å². The van der Waals surface area contributed by atoms with Crippen molar-refractivity contribution in [1.82, 2.24) is 0 Å². The molecule has 4 N–H and O–H groups in total. The number of methoxy groups -OCH3 is 2. The molecule has 9 nitrogen and oxygen atoms in total. The lowest BCUT2D eigenvalue weighted by Crippen LogP contribution is -2.41. The summed E-state index contributed by atoms with van der Waals surface area (Å²) in [6, 6.07) is 9.77. The molecule has 0 heterocycles. The molecule has 1 atom stereocenters. The van der Waals surface area contributed by atoms with Crippen molar-refractivity contribution in [2.45, 2.75) is 12.8 Å². The summed E-state index contributed by atoms with van der Waals surface area (Å²) >= 11 is 0. The van der Waals surface area contributed by atoms with Gasteiger partial charge in [0.2, 0.25) is 5.91 Å². The Bertz CT molecular complexity index is 995. The molecule has 0 spiro atoms. The lowest BCUT2D eigenvalue weighted by Gasteiger charge is -2.31. The maximum atomic E-state index is 12.9. The largest absolute Gasteiger partial charge is 0.493 e. The molecule has 0 saturated heterocycles. The first-order chi connectivity index (χ1) is 13.3. The number of nitriles is 3. The highest BCUT2D eigenvalue weighted by Gasteiger charge is 2.62. The Morgan fingerprint density at radius 3 is 2.18 bits per heavy atom. The SMILES string of the molecule is COc1ccc(C(=O)CC2(C#N)C(N)=C(C(N)=O)CC2(C#N)C#N)cc1OC. The van der Waals surface area contributed by atoms with E-state index in [1.807, 2.05) is 6.07 Å². The Labute approximate surface area is 161 Å². The van der Waals surface area contributed by atoms with Gasteiger partial charge in [-0.05, 0) is 18.2 Å². The number of carbonyl (C=O) groups is 2. The molecular formula is C19H17N5O4. The van der Waals surface area contributed by atoms with E-state index in [1.165, 1.54) is 32.4 Å². The number of Topliss-reactive ketones (excluding diaryl/α,β-unsaturated/α-hetero) is 1. The van der Waals surface area contributed by atoms with Gasteiger partial charge in [-0.15, -0.1) is 0 Å². The number of benzene rings is 1. The summed E-state index contributed by atoms with van der Waals surface area (Å²) in [6.45, 7) is 0. The molecule has 0 fully saturated rings. The van der Waals surface area contributed by atoms with Crippen molar-refractivity contribution in [2.24, 2.45) is 22.3 Å². The lowest BCUT2D eigenvalue weighted by molar-refractivity contribution is -0.114. The van der Waals surface area contributed by atoms with Gasteiger partial charge in [-0.2, -0.15) is 15.8 Å². The van der Waals surface area contributed by atoms with Crippen LogP contribution >= 0.6 is 0 Å². The third-order valence-electron chi connectivity index (χ3n) is 4.96. The number of primary amides is 1. The van der Waals surface area contributed by atoms with E-state index < -0.39 is 35.4 Å². The lowest BCUT2D eigenvalue weighted by atomic mass is 9.63. The quantitative estimate of drug-likeness (QED) is 0.685. The fraction of sp³-hybridized carbons (Fsp3) is 0.316. The van der Waals surface area contributed by atoms with Gasteiger partial charge in [0.25, 0.3) is 0 Å². The van der Waals surface area contributed by atoms with E-state index in [0.717, 1.165) is 0 Å². The molecule has 1 aromatic rings. The first kappa shape index (κ1) is 20.3. The molecule has 0 aromatic heterocycles. The number of nitrogens with two attached hydrogens (primary N) is 2. The van der Waals surface area contributed by atoms with E-state index >= 15 is 0 Å². The fourth-order valence-corrected chi connectivity index (χ4v) is 3.31. The fourth-order valence-electron chi connectivity index (χ4n) is 3.31. The average molecular weight is 379 g/mol. The summed E-state index contributed by atoms with van der Waals surface area (Å²) in [5.74, 6) is -0.818. The van der Waals surface area contributed by atoms with E-state index in [-0.39, 0.29) is 16.8 Å². The van der Waals surface area contributed by atoms with Crippen LogP contribution in [0, 0.1) is 44.8 Å². The first-order valence-electron chi connectivity index (χ1n) is 8.03. The zero-order chi connectivity index (χ0) is 21.1. The van der Waals surface area contributed by atoms with Crippen LogP contribution in [-0.4, -0.2) is 25.9 Å². The number of carbonyl (C=O) groups excluding carboxylic acids is 2. The molecule has 1 unspecified atom stereocenters. The van der Waals surface area contributed by atoms with E-state index in [2.05, 4.69) is 0 Å². The minimum absolute atomic E-state index is 0.164. The van der Waals surface area contributed by atoms with Crippen LogP contribution in [0.15, 0.2) is 29.5 Å². The van der Waals surface area contributed by atoms with Crippen LogP contribution in [0.4, 0.5) is 0 Å². The normalized spacial score (nSPS) is 19.8.